The van der Waals surface area contributed by atoms with Crippen LogP contribution in [-0.4, -0.2) is 31.0 Å². The zero-order chi connectivity index (χ0) is 21.7. The average molecular weight is 481 g/mol. The molecule has 0 N–H and O–H groups in total. The summed E-state index contributed by atoms with van der Waals surface area (Å²) in [5.41, 5.74) is -6.36. The molecular formula is C14H14F6N4S4. The lowest BCUT2D eigenvalue weighted by Gasteiger charge is -2.08. The first kappa shape index (κ1) is 25.0. The highest BCUT2D eigenvalue weighted by Crippen LogP contribution is 2.42. The number of aromatic nitrogens is 4. The Balaban J connectivity index is 0.000000280. The topological polar surface area (TPSA) is 51.6 Å². The van der Waals surface area contributed by atoms with Gasteiger partial charge in [0.15, 0.2) is 5.16 Å². The number of halogens is 6. The third kappa shape index (κ3) is 9.47. The van der Waals surface area contributed by atoms with E-state index in [2.05, 4.69) is 31.1 Å². The van der Waals surface area contributed by atoms with E-state index in [4.69, 9.17) is 0 Å². The van der Waals surface area contributed by atoms with Crippen molar-refractivity contribution in [2.24, 2.45) is 0 Å². The van der Waals surface area contributed by atoms with Crippen LogP contribution in [0.25, 0.3) is 0 Å². The van der Waals surface area contributed by atoms with Crippen LogP contribution in [-0.2, 0) is 20.6 Å². The van der Waals surface area contributed by atoms with Crippen LogP contribution in [0.1, 0.15) is 22.8 Å². The molecule has 2 aromatic heterocycles. The molecule has 1 atom stereocenters. The van der Waals surface area contributed by atoms with Crippen LogP contribution < -0.4 is 0 Å². The Morgan fingerprint density at radius 2 is 1.18 bits per heavy atom. The van der Waals surface area contributed by atoms with E-state index < -0.39 is 20.5 Å². The molecule has 0 radical (unpaired) electrons. The number of hydrogen-bond donors (Lipinski definition) is 0. The molecule has 0 aromatic carbocycles. The fourth-order valence-electron chi connectivity index (χ4n) is 1.70. The molecule has 0 bridgehead atoms. The second-order valence-electron chi connectivity index (χ2n) is 5.19. The lowest BCUT2D eigenvalue weighted by atomic mass is 10.4. The van der Waals surface area contributed by atoms with E-state index in [1.807, 2.05) is 0 Å². The molecule has 2 heterocycles. The minimum atomic E-state index is -4.43. The average Bonchev–Trinajstić information content (AvgIpc) is 2.49. The Morgan fingerprint density at radius 1 is 0.786 bits per heavy atom. The summed E-state index contributed by atoms with van der Waals surface area (Å²) in [4.78, 5) is 15.1. The van der Waals surface area contributed by atoms with Gasteiger partial charge in [0, 0.05) is 33.6 Å². The van der Waals surface area contributed by atoms with Gasteiger partial charge in [-0.3, -0.25) is 0 Å². The third-order valence-corrected chi connectivity index (χ3v) is 6.33. The molecule has 1 unspecified atom stereocenters. The molecule has 0 aliphatic heterocycles. The van der Waals surface area contributed by atoms with Gasteiger partial charge in [-0.15, -0.1) is 0 Å². The quantitative estimate of drug-likeness (QED) is 0.331. The second-order valence-corrected chi connectivity index (χ2v) is 9.72. The second kappa shape index (κ2) is 10.2. The van der Waals surface area contributed by atoms with Crippen molar-refractivity contribution in [2.75, 3.05) is 0 Å². The van der Waals surface area contributed by atoms with E-state index >= 15 is 0 Å². The molecule has 0 spiro atoms. The van der Waals surface area contributed by atoms with Crippen molar-refractivity contribution >= 4 is 42.2 Å². The molecule has 0 aliphatic rings. The zero-order valence-corrected chi connectivity index (χ0v) is 18.1. The van der Waals surface area contributed by atoms with Crippen molar-refractivity contribution in [1.29, 1.82) is 0 Å². The predicted molar refractivity (Wildman–Crippen MR) is 102 cm³/mol. The lowest BCUT2D eigenvalue weighted by Crippen LogP contribution is -2.18. The van der Waals surface area contributed by atoms with Gasteiger partial charge >= 0.3 is 11.0 Å². The molecule has 0 aliphatic carbocycles. The Hall–Kier alpha value is -0.990. The first-order chi connectivity index (χ1) is 12.7. The number of nitrogens with zero attached hydrogens (tertiary/aromatic N) is 4. The molecule has 0 saturated heterocycles. The van der Waals surface area contributed by atoms with Crippen molar-refractivity contribution in [2.45, 2.75) is 49.0 Å². The first-order valence-corrected chi connectivity index (χ1v) is 11.5. The summed E-state index contributed by atoms with van der Waals surface area (Å²) in [6.45, 7) is 6.66. The van der Waals surface area contributed by atoms with Crippen LogP contribution in [0, 0.1) is 27.7 Å². The minimum Gasteiger partial charge on any atom is -0.227 e. The number of rotatable bonds is 3. The van der Waals surface area contributed by atoms with Gasteiger partial charge in [-0.05, 0) is 61.8 Å². The number of alkyl halides is 6. The van der Waals surface area contributed by atoms with Crippen LogP contribution in [0.3, 0.4) is 0 Å². The van der Waals surface area contributed by atoms with E-state index in [9.17, 15) is 26.3 Å². The van der Waals surface area contributed by atoms with Crippen molar-refractivity contribution < 1.29 is 26.3 Å². The maximum atomic E-state index is 12.2. The summed E-state index contributed by atoms with van der Waals surface area (Å²) in [5.74, 6) is 0. The van der Waals surface area contributed by atoms with Crippen LogP contribution in [0.5, 0.6) is 0 Å². The fourth-order valence-corrected chi connectivity index (χ4v) is 3.84. The SMILES string of the molecule is Cc1cc(C)nc(S(=S)C(F)(F)F)n1.Cc1cc(C)nc(SSC(F)(F)F)n1. The Morgan fingerprint density at radius 3 is 1.54 bits per heavy atom. The van der Waals surface area contributed by atoms with Gasteiger partial charge in [-0.1, -0.05) is 0 Å². The zero-order valence-electron chi connectivity index (χ0n) is 14.8. The summed E-state index contributed by atoms with van der Waals surface area (Å²) < 4.78 is 72.2. The fraction of sp³-hybridized carbons (Fsp3) is 0.429. The molecular weight excluding hydrogens is 466 g/mol. The Bertz CT molecular complexity index is 801. The van der Waals surface area contributed by atoms with E-state index in [-0.39, 0.29) is 21.1 Å². The molecule has 2 rings (SSSR count). The van der Waals surface area contributed by atoms with Crippen molar-refractivity contribution in [3.8, 4) is 0 Å². The summed E-state index contributed by atoms with van der Waals surface area (Å²) >= 11 is 4.34. The van der Waals surface area contributed by atoms with Gasteiger partial charge < -0.3 is 0 Å². The van der Waals surface area contributed by atoms with E-state index in [1.165, 1.54) is 0 Å². The highest BCUT2D eigenvalue weighted by molar-refractivity contribution is 8.77. The Labute approximate surface area is 172 Å². The summed E-state index contributed by atoms with van der Waals surface area (Å²) in [5, 5.41) is -0.171. The van der Waals surface area contributed by atoms with E-state index in [0.717, 1.165) is 0 Å². The van der Waals surface area contributed by atoms with Gasteiger partial charge in [-0.2, -0.15) is 26.3 Å². The minimum absolute atomic E-state index is 0.143. The Kier molecular flexibility index (Phi) is 9.09. The smallest absolute Gasteiger partial charge is 0.227 e. The van der Waals surface area contributed by atoms with Gasteiger partial charge in [0.25, 0.3) is 0 Å². The van der Waals surface area contributed by atoms with Gasteiger partial charge in [-0.25, -0.2) is 19.9 Å². The maximum absolute atomic E-state index is 12.2. The molecule has 0 amide bonds. The van der Waals surface area contributed by atoms with Crippen LogP contribution >= 0.6 is 21.6 Å². The molecule has 28 heavy (non-hydrogen) atoms. The molecule has 0 fully saturated rings. The van der Waals surface area contributed by atoms with E-state index in [1.54, 1.807) is 39.8 Å². The highest BCUT2D eigenvalue weighted by atomic mass is 33.1. The predicted octanol–water partition coefficient (Wildman–Crippen LogP) is 5.41. The first-order valence-electron chi connectivity index (χ1n) is 7.23. The van der Waals surface area contributed by atoms with Gasteiger partial charge in [0.1, 0.15) is 0 Å². The molecule has 2 aromatic rings. The summed E-state index contributed by atoms with van der Waals surface area (Å²) in [7, 11) is -1.99. The largest absolute Gasteiger partial charge is 0.453 e. The van der Waals surface area contributed by atoms with Crippen LogP contribution in [0.15, 0.2) is 22.4 Å². The van der Waals surface area contributed by atoms with Crippen molar-refractivity contribution in [1.82, 2.24) is 19.9 Å². The standard InChI is InChI=1S/2C7H7F3N2S2/c1-4-3-5(2)12-6(11-4)14(13)7(8,9)10;1-4-3-5(2)12-6(11-4)13-14-7(8,9)10/h2*3H,1-2H3. The summed E-state index contributed by atoms with van der Waals surface area (Å²) in [6.07, 6.45) is 0. The van der Waals surface area contributed by atoms with Crippen molar-refractivity contribution in [3.63, 3.8) is 0 Å². The maximum Gasteiger partial charge on any atom is 0.453 e. The number of aryl methyl sites for hydroxylation is 4. The van der Waals surface area contributed by atoms with Gasteiger partial charge in [0.05, 0.1) is 9.45 Å². The molecule has 14 heteroatoms. The highest BCUT2D eigenvalue weighted by Gasteiger charge is 2.36. The normalized spacial score (nSPS) is 12.9. The number of hydrogen-bond acceptors (Lipinski definition) is 7. The third-order valence-electron chi connectivity index (χ3n) is 2.51. The molecule has 0 saturated carbocycles. The summed E-state index contributed by atoms with van der Waals surface area (Å²) in [6, 6.07) is 3.31. The van der Waals surface area contributed by atoms with Crippen molar-refractivity contribution in [3.05, 3.63) is 34.9 Å². The van der Waals surface area contributed by atoms with Crippen LogP contribution in [0.4, 0.5) is 26.3 Å². The van der Waals surface area contributed by atoms with Crippen LogP contribution in [0.2, 0.25) is 0 Å². The monoisotopic (exact) mass is 480 g/mol. The van der Waals surface area contributed by atoms with Gasteiger partial charge in [0.2, 0.25) is 5.16 Å². The molecule has 156 valence electrons. The van der Waals surface area contributed by atoms with E-state index in [0.29, 0.717) is 33.6 Å². The molecule has 4 nitrogen and oxygen atoms in total. The lowest BCUT2D eigenvalue weighted by molar-refractivity contribution is -0.0351.